The van der Waals surface area contributed by atoms with Crippen LogP contribution in [0.2, 0.25) is 0 Å². The summed E-state index contributed by atoms with van der Waals surface area (Å²) in [5.41, 5.74) is 5.88. The van der Waals surface area contributed by atoms with Crippen molar-refractivity contribution in [2.45, 2.75) is 67.2 Å². The molecule has 0 atom stereocenters. The maximum Gasteiger partial charge on any atom is 1.00 e. The fourth-order valence-electron chi connectivity index (χ4n) is 3.34. The van der Waals surface area contributed by atoms with E-state index in [9.17, 15) is 0 Å². The zero-order valence-corrected chi connectivity index (χ0v) is 31.9. The van der Waals surface area contributed by atoms with Crippen LogP contribution in [0.5, 0.6) is 0 Å². The number of hydrogen-bond acceptors (Lipinski definition) is 4. The third-order valence-corrected chi connectivity index (χ3v) is 5.16. The molecule has 0 amide bonds. The molecule has 2 heterocycles. The van der Waals surface area contributed by atoms with Gasteiger partial charge in [-0.2, -0.15) is 0 Å². The molecule has 40 heavy (non-hydrogen) atoms. The fourth-order valence-corrected chi connectivity index (χ4v) is 3.34. The van der Waals surface area contributed by atoms with Crippen LogP contribution in [0.4, 0.5) is 0 Å². The normalized spacial score (nSPS) is 8.95. The van der Waals surface area contributed by atoms with E-state index in [0.717, 1.165) is 59.8 Å². The second-order valence-corrected chi connectivity index (χ2v) is 7.59. The van der Waals surface area contributed by atoms with Gasteiger partial charge in [0, 0.05) is 11.6 Å². The predicted octanol–water partition coefficient (Wildman–Crippen LogP) is 1.81. The number of aryl methyl sites for hydroxylation is 2. The molecule has 4 rings (SSSR count). The van der Waals surface area contributed by atoms with Gasteiger partial charge in [-0.1, -0.05) is 114 Å². The van der Waals surface area contributed by atoms with E-state index >= 15 is 0 Å². The number of aromatic nitrogens is 4. The van der Waals surface area contributed by atoms with Gasteiger partial charge in [-0.25, -0.2) is 0 Å². The van der Waals surface area contributed by atoms with Crippen molar-refractivity contribution in [3.63, 3.8) is 0 Å². The Hall–Kier alpha value is -0.647. The van der Waals surface area contributed by atoms with Crippen LogP contribution in [0.25, 0.3) is 12.2 Å². The molecule has 0 fully saturated rings. The summed E-state index contributed by atoms with van der Waals surface area (Å²) in [4.78, 5) is 17.3. The molecule has 200 valence electrons. The van der Waals surface area contributed by atoms with Crippen molar-refractivity contribution < 1.29 is 103 Å². The van der Waals surface area contributed by atoms with Gasteiger partial charge in [0.05, 0.1) is 0 Å². The summed E-state index contributed by atoms with van der Waals surface area (Å²) in [6.45, 7) is 23.1. The van der Waals surface area contributed by atoms with Crippen molar-refractivity contribution >= 4 is 12.2 Å². The molecule has 0 unspecified atom stereocenters. The number of benzene rings is 2. The first-order valence-corrected chi connectivity index (χ1v) is 13.4. The van der Waals surface area contributed by atoms with Gasteiger partial charge in [-0.15, -0.1) is 23.8 Å². The third-order valence-electron chi connectivity index (χ3n) is 5.16. The van der Waals surface area contributed by atoms with Gasteiger partial charge in [0.1, 0.15) is 0 Å². The van der Waals surface area contributed by atoms with E-state index in [-0.39, 0.29) is 103 Å². The first-order chi connectivity index (χ1) is 18.7. The maximum atomic E-state index is 5.56. The molecule has 6 heteroatoms. The summed E-state index contributed by atoms with van der Waals surface area (Å²) < 4.78 is 0. The van der Waals surface area contributed by atoms with Crippen LogP contribution in [0.1, 0.15) is 86.8 Å². The van der Waals surface area contributed by atoms with Gasteiger partial charge < -0.3 is 45.2 Å². The Labute approximate surface area is 328 Å². The molecule has 0 saturated heterocycles. The van der Waals surface area contributed by atoms with E-state index in [2.05, 4.69) is 63.5 Å². The molecule has 4 nitrogen and oxygen atoms in total. The molecule has 0 spiro atoms. The largest absolute Gasteiger partial charge is 1.00 e. The zero-order chi connectivity index (χ0) is 28.2. The summed E-state index contributed by atoms with van der Waals surface area (Å²) in [5, 5.41) is 0. The zero-order valence-electron chi connectivity index (χ0n) is 25.7. The Bertz CT molecular complexity index is 1210. The van der Waals surface area contributed by atoms with Gasteiger partial charge in [0.2, 0.25) is 0 Å². The molecule has 0 aliphatic rings. The minimum Gasteiger partial charge on any atom is -0.359 e. The van der Waals surface area contributed by atoms with E-state index in [1.807, 2.05) is 71.0 Å². The smallest absolute Gasteiger partial charge is 0.359 e. The second-order valence-electron chi connectivity index (χ2n) is 7.59. The van der Waals surface area contributed by atoms with Crippen molar-refractivity contribution in [2.75, 3.05) is 0 Å². The predicted molar refractivity (Wildman–Crippen MR) is 159 cm³/mol. The van der Waals surface area contributed by atoms with Crippen molar-refractivity contribution in [1.82, 2.24) is 19.9 Å². The number of nitrogens with zero attached hydrogens (tertiary/aromatic N) is 4. The molecule has 0 saturated carbocycles. The molecule has 0 bridgehead atoms. The van der Waals surface area contributed by atoms with Crippen molar-refractivity contribution in [2.24, 2.45) is 0 Å². The van der Waals surface area contributed by atoms with E-state index in [4.69, 9.17) is 13.2 Å². The summed E-state index contributed by atoms with van der Waals surface area (Å²) in [7, 11) is 0. The molecular formula is C34H40K2N4-2. The summed E-state index contributed by atoms with van der Waals surface area (Å²) in [6, 6.07) is 20.4. The molecule has 0 radical (unpaired) electrons. The summed E-state index contributed by atoms with van der Waals surface area (Å²) in [5.74, 6) is 1.60. The van der Waals surface area contributed by atoms with Gasteiger partial charge >= 0.3 is 103 Å². The van der Waals surface area contributed by atoms with Crippen LogP contribution in [-0.2, 0) is 25.7 Å². The van der Waals surface area contributed by atoms with Gasteiger partial charge in [-0.3, -0.25) is 11.1 Å². The van der Waals surface area contributed by atoms with E-state index in [0.29, 0.717) is 0 Å². The maximum absolute atomic E-state index is 5.56. The van der Waals surface area contributed by atoms with Gasteiger partial charge in [-0.05, 0) is 24.8 Å². The molecule has 4 aromatic rings. The summed E-state index contributed by atoms with van der Waals surface area (Å²) >= 11 is 0. The average Bonchev–Trinajstić information content (AvgIpc) is 3.00. The molecule has 0 aliphatic carbocycles. The second kappa shape index (κ2) is 26.0. The first kappa shape index (κ1) is 41.5. The van der Waals surface area contributed by atoms with Crippen molar-refractivity contribution in [1.29, 1.82) is 0 Å². The minimum absolute atomic E-state index is 0. The Morgan fingerprint density at radius 3 is 1.48 bits per heavy atom. The van der Waals surface area contributed by atoms with Gasteiger partial charge in [0.25, 0.3) is 0 Å². The SMILES string of the molecule is CC.CC.[CH-]=Cc1[c-]nc(CC)nc1Cc1ccccc1.[CH-]=Cc1[c-]nc(Cc2ccccc2)nc1CC.[K+].[K+]. The summed E-state index contributed by atoms with van der Waals surface area (Å²) in [6.07, 6.45) is 12.0. The van der Waals surface area contributed by atoms with Crippen LogP contribution >= 0.6 is 0 Å². The van der Waals surface area contributed by atoms with E-state index in [1.54, 1.807) is 0 Å². The molecular weight excluding hydrogens is 543 g/mol. The Morgan fingerprint density at radius 1 is 0.600 bits per heavy atom. The average molecular weight is 583 g/mol. The van der Waals surface area contributed by atoms with Gasteiger partial charge in [0.15, 0.2) is 0 Å². The third kappa shape index (κ3) is 15.0. The minimum atomic E-state index is 0. The molecule has 0 aliphatic heterocycles. The van der Waals surface area contributed by atoms with E-state index in [1.165, 1.54) is 23.3 Å². The Morgan fingerprint density at radius 2 is 1.02 bits per heavy atom. The van der Waals surface area contributed by atoms with Crippen LogP contribution in [0.15, 0.2) is 60.7 Å². The fraction of sp³-hybridized carbons (Fsp3) is 0.294. The monoisotopic (exact) mass is 582 g/mol. The van der Waals surface area contributed by atoms with Crippen LogP contribution in [0.3, 0.4) is 0 Å². The Balaban J connectivity index is 0. The Kier molecular flexibility index (Phi) is 27.0. The molecule has 2 aromatic carbocycles. The van der Waals surface area contributed by atoms with Crippen LogP contribution < -0.4 is 103 Å². The quantitative estimate of drug-likeness (QED) is 0.235. The van der Waals surface area contributed by atoms with E-state index < -0.39 is 0 Å². The van der Waals surface area contributed by atoms with Crippen molar-refractivity contribution in [3.8, 4) is 0 Å². The first-order valence-electron chi connectivity index (χ1n) is 13.4. The topological polar surface area (TPSA) is 51.6 Å². The molecule has 0 N–H and O–H groups in total. The number of rotatable bonds is 8. The number of hydrogen-bond donors (Lipinski definition) is 0. The van der Waals surface area contributed by atoms with Crippen molar-refractivity contribution in [3.05, 3.63) is 132 Å². The van der Waals surface area contributed by atoms with Crippen LogP contribution in [-0.4, -0.2) is 19.9 Å². The standard InChI is InChI=1S/2C15H14N2.2C2H6.2K/c1-3-13-11-16-15(4-2)17-14(13)10-12-8-6-5-7-9-12;1-3-13-11-16-15(17-14(13)4-2)10-12-8-6-5-7-9-12;2*1-2;;/h2*1,3,5-9H,4,10H2,2H3;2*1-2H3;;/q2*-2;;;2*+1. The van der Waals surface area contributed by atoms with Crippen LogP contribution in [0, 0.1) is 25.6 Å². The molecule has 2 aromatic heterocycles.